The predicted molar refractivity (Wildman–Crippen MR) is 118 cm³/mol. The monoisotopic (exact) mass is 464 g/mol. The molecule has 0 aromatic heterocycles. The molecule has 0 bridgehead atoms. The second kappa shape index (κ2) is 21.3. The zero-order valence-electron chi connectivity index (χ0n) is 18.6. The van der Waals surface area contributed by atoms with E-state index in [9.17, 15) is 19.2 Å². The summed E-state index contributed by atoms with van der Waals surface area (Å²) in [7, 11) is 0. The van der Waals surface area contributed by atoms with Crippen LogP contribution in [0.5, 0.6) is 0 Å². The third kappa shape index (κ3) is 19.1. The van der Waals surface area contributed by atoms with Crippen molar-refractivity contribution in [2.24, 2.45) is 5.92 Å². The first-order valence-corrected chi connectivity index (χ1v) is 10.5. The highest BCUT2D eigenvalue weighted by atomic mass is 16.6. The Labute approximate surface area is 190 Å². The maximum absolute atomic E-state index is 11.8. The summed E-state index contributed by atoms with van der Waals surface area (Å²) in [6.45, 7) is 6.95. The van der Waals surface area contributed by atoms with Gasteiger partial charge < -0.3 is 40.2 Å². The van der Waals surface area contributed by atoms with Gasteiger partial charge in [0.1, 0.15) is 0 Å². The van der Waals surface area contributed by atoms with E-state index >= 15 is 0 Å². The molecule has 0 aliphatic rings. The first kappa shape index (κ1) is 31.3. The van der Waals surface area contributed by atoms with E-state index in [0.29, 0.717) is 0 Å². The third-order valence-corrected chi connectivity index (χ3v) is 3.74. The zero-order chi connectivity index (χ0) is 23.3. The number of rotatable bonds is 15. The van der Waals surface area contributed by atoms with Crippen LogP contribution in [0.2, 0.25) is 0 Å². The van der Waals surface area contributed by atoms with E-state index in [-0.39, 0.29) is 66.0 Å². The molecule has 0 aromatic carbocycles. The van der Waals surface area contributed by atoms with Crippen LogP contribution in [-0.4, -0.2) is 77.0 Å². The molecule has 0 radical (unpaired) electrons. The first-order valence-electron chi connectivity index (χ1n) is 10.5. The molecule has 4 N–H and O–H groups in total. The van der Waals surface area contributed by atoms with Crippen LogP contribution in [0.1, 0.15) is 47.5 Å². The summed E-state index contributed by atoms with van der Waals surface area (Å²) in [5.74, 6) is -0.147. The quantitative estimate of drug-likeness (QED) is 0.213. The molecule has 188 valence electrons. The van der Waals surface area contributed by atoms with Crippen molar-refractivity contribution in [2.75, 3.05) is 52.6 Å². The van der Waals surface area contributed by atoms with Crippen molar-refractivity contribution in [3.8, 4) is 0 Å². The second-order valence-corrected chi connectivity index (χ2v) is 6.35. The van der Waals surface area contributed by atoms with Crippen LogP contribution in [-0.2, 0) is 18.9 Å². The van der Waals surface area contributed by atoms with Crippen LogP contribution >= 0.6 is 0 Å². The third-order valence-electron chi connectivity index (χ3n) is 3.74. The van der Waals surface area contributed by atoms with Crippen LogP contribution in [0.3, 0.4) is 0 Å². The number of hydrogen-bond donors (Lipinski definition) is 4. The Bertz CT molecular complexity index is 492. The number of amides is 4. The molecular formula is C20H40N4O8. The molecule has 0 saturated carbocycles. The second-order valence-electron chi connectivity index (χ2n) is 6.35. The maximum atomic E-state index is 11.8. The zero-order valence-corrected chi connectivity index (χ0v) is 18.6. The minimum atomic E-state index is -0.623. The summed E-state index contributed by atoms with van der Waals surface area (Å²) in [6, 6.07) is 0. The largest absolute Gasteiger partial charge is 0.450 e. The highest BCUT2D eigenvalue weighted by Crippen LogP contribution is 2.10. The van der Waals surface area contributed by atoms with E-state index in [1.165, 1.54) is 0 Å². The Kier molecular flexibility index (Phi) is 20.8. The lowest BCUT2D eigenvalue weighted by Crippen LogP contribution is -2.37. The van der Waals surface area contributed by atoms with Gasteiger partial charge in [0.25, 0.3) is 0 Å². The van der Waals surface area contributed by atoms with E-state index in [1.54, 1.807) is 13.8 Å². The number of nitrogens with one attached hydrogen (secondary N) is 4. The Balaban J connectivity index is 0. The molecule has 0 unspecified atom stereocenters. The van der Waals surface area contributed by atoms with E-state index < -0.39 is 24.4 Å². The Morgan fingerprint density at radius 3 is 1.28 bits per heavy atom. The lowest BCUT2D eigenvalue weighted by Gasteiger charge is -2.17. The topological polar surface area (TPSA) is 153 Å². The van der Waals surface area contributed by atoms with Crippen molar-refractivity contribution in [3.05, 3.63) is 0 Å². The summed E-state index contributed by atoms with van der Waals surface area (Å²) in [5.41, 5.74) is 0. The fraction of sp³-hybridized carbons (Fsp3) is 0.800. The molecule has 12 heteroatoms. The lowest BCUT2D eigenvalue weighted by atomic mass is 10.0. The highest BCUT2D eigenvalue weighted by molar-refractivity contribution is 5.69. The predicted octanol–water partition coefficient (Wildman–Crippen LogP) is 2.37. The van der Waals surface area contributed by atoms with Crippen molar-refractivity contribution in [1.82, 2.24) is 21.3 Å². The molecule has 0 heterocycles. The number of hydrogen-bond acceptors (Lipinski definition) is 8. The van der Waals surface area contributed by atoms with Crippen LogP contribution < -0.4 is 21.3 Å². The first-order chi connectivity index (χ1) is 14.9. The van der Waals surface area contributed by atoms with Gasteiger partial charge in [0.2, 0.25) is 0 Å². The molecule has 4 amide bonds. The summed E-state index contributed by atoms with van der Waals surface area (Å²) in [5, 5.41) is 9.97. The molecule has 0 aromatic rings. The van der Waals surface area contributed by atoms with Gasteiger partial charge in [-0.1, -0.05) is 27.2 Å². The summed E-state index contributed by atoms with van der Waals surface area (Å²) >= 11 is 0. The van der Waals surface area contributed by atoms with Gasteiger partial charge in [-0.15, -0.1) is 0 Å². The van der Waals surface area contributed by atoms with Gasteiger partial charge in [0.15, 0.2) is 0 Å². The van der Waals surface area contributed by atoms with Crippen LogP contribution in [0, 0.1) is 5.92 Å². The highest BCUT2D eigenvalue weighted by Gasteiger charge is 2.15. The van der Waals surface area contributed by atoms with Gasteiger partial charge in [0.05, 0.1) is 26.4 Å². The molecule has 0 aliphatic heterocycles. The summed E-state index contributed by atoms with van der Waals surface area (Å²) in [6.07, 6.45) is 0.227. The van der Waals surface area contributed by atoms with Crippen molar-refractivity contribution >= 4 is 24.4 Å². The van der Waals surface area contributed by atoms with Crippen LogP contribution in [0.25, 0.3) is 0 Å². The smallest absolute Gasteiger partial charge is 0.407 e. The summed E-state index contributed by atoms with van der Waals surface area (Å²) < 4.78 is 19.7. The average Bonchev–Trinajstić information content (AvgIpc) is 2.74. The lowest BCUT2D eigenvalue weighted by molar-refractivity contribution is 0.0817. The molecule has 0 aliphatic carbocycles. The molecule has 0 spiro atoms. The van der Waals surface area contributed by atoms with E-state index in [4.69, 9.17) is 18.9 Å². The van der Waals surface area contributed by atoms with Crippen molar-refractivity contribution in [3.63, 3.8) is 0 Å². The average molecular weight is 465 g/mol. The van der Waals surface area contributed by atoms with Crippen LogP contribution in [0.4, 0.5) is 19.2 Å². The Morgan fingerprint density at radius 2 is 0.969 bits per heavy atom. The molecule has 12 nitrogen and oxygen atoms in total. The number of ether oxygens (including phenoxy) is 4. The van der Waals surface area contributed by atoms with Gasteiger partial charge in [-0.3, -0.25) is 0 Å². The Hall–Kier alpha value is -2.92. The molecule has 0 saturated heterocycles. The van der Waals surface area contributed by atoms with Crippen LogP contribution in [0.15, 0.2) is 0 Å². The maximum Gasteiger partial charge on any atom is 0.407 e. The number of unbranched alkanes of at least 4 members (excludes halogenated alkanes) is 1. The molecular weight excluding hydrogens is 424 g/mol. The van der Waals surface area contributed by atoms with Gasteiger partial charge >= 0.3 is 24.4 Å². The number of carbonyl (C=O) groups excluding carboxylic acids is 4. The van der Waals surface area contributed by atoms with E-state index in [1.807, 2.05) is 6.92 Å². The minimum Gasteiger partial charge on any atom is -0.450 e. The SMILES string of the molecule is C.CCCCC(COC(=O)NCCNC(=O)OCC)COC(=O)NCCNC(=O)OCC. The van der Waals surface area contributed by atoms with Crippen molar-refractivity contribution < 1.29 is 38.1 Å². The van der Waals surface area contributed by atoms with Gasteiger partial charge in [-0.25, -0.2) is 19.2 Å². The standard InChI is InChI=1S/C19H36N4O8.CH4/c1-4-7-8-15(13-30-18(26)22-11-9-20-16(24)28-5-2)14-31-19(27)23-12-10-21-17(25)29-6-3;/h15H,4-14H2,1-3H3,(H,20,24)(H,21,25)(H,22,26)(H,23,27);1H4. The number of carbonyl (C=O) groups is 4. The molecule has 0 fully saturated rings. The summed E-state index contributed by atoms with van der Waals surface area (Å²) in [4.78, 5) is 45.8. The van der Waals surface area contributed by atoms with E-state index in [0.717, 1.165) is 19.3 Å². The van der Waals surface area contributed by atoms with Gasteiger partial charge in [0, 0.05) is 32.1 Å². The van der Waals surface area contributed by atoms with Gasteiger partial charge in [-0.2, -0.15) is 0 Å². The molecule has 0 atom stereocenters. The molecule has 32 heavy (non-hydrogen) atoms. The van der Waals surface area contributed by atoms with Crippen molar-refractivity contribution in [2.45, 2.75) is 47.5 Å². The van der Waals surface area contributed by atoms with E-state index in [2.05, 4.69) is 21.3 Å². The fourth-order valence-corrected chi connectivity index (χ4v) is 2.22. The minimum absolute atomic E-state index is 0. The van der Waals surface area contributed by atoms with Gasteiger partial charge in [-0.05, 0) is 20.3 Å². The Morgan fingerprint density at radius 1 is 0.625 bits per heavy atom. The van der Waals surface area contributed by atoms with Crippen molar-refractivity contribution in [1.29, 1.82) is 0 Å². The normalized spacial score (nSPS) is 9.75. The molecule has 0 rings (SSSR count). The number of alkyl carbamates (subject to hydrolysis) is 4. The fourth-order valence-electron chi connectivity index (χ4n) is 2.22.